The van der Waals surface area contributed by atoms with E-state index in [9.17, 15) is 14.4 Å². The summed E-state index contributed by atoms with van der Waals surface area (Å²) in [6, 6.07) is 17.5. The van der Waals surface area contributed by atoms with Crippen LogP contribution in [0.4, 0.5) is 4.79 Å². The van der Waals surface area contributed by atoms with Gasteiger partial charge in [0.1, 0.15) is 5.54 Å². The third-order valence-electron chi connectivity index (χ3n) is 4.27. The van der Waals surface area contributed by atoms with Crippen molar-refractivity contribution in [1.82, 2.24) is 15.8 Å². The smallest absolute Gasteiger partial charge is 0.322 e. The highest BCUT2D eigenvalue weighted by molar-refractivity contribution is 6.09. The van der Waals surface area contributed by atoms with Gasteiger partial charge < -0.3 is 5.32 Å². The van der Waals surface area contributed by atoms with Gasteiger partial charge in [0.25, 0.3) is 11.8 Å². The number of hydrogen-bond donors (Lipinski definition) is 2. The van der Waals surface area contributed by atoms with Crippen molar-refractivity contribution in [3.8, 4) is 0 Å². The fraction of sp³-hybridized carbons (Fsp3) is 0.211. The van der Waals surface area contributed by atoms with Gasteiger partial charge in [-0.2, -0.15) is 5.01 Å². The van der Waals surface area contributed by atoms with Gasteiger partial charge in [-0.05, 0) is 37.5 Å². The van der Waals surface area contributed by atoms with E-state index >= 15 is 0 Å². The van der Waals surface area contributed by atoms with Crippen molar-refractivity contribution < 1.29 is 14.4 Å². The molecule has 0 saturated carbocycles. The Balaban J connectivity index is 1.68. The quantitative estimate of drug-likeness (QED) is 0.822. The van der Waals surface area contributed by atoms with Gasteiger partial charge in [-0.25, -0.2) is 4.79 Å². The van der Waals surface area contributed by atoms with Crippen LogP contribution in [0, 0.1) is 0 Å². The SMILES string of the molecule is C[C@@]1(CCc2ccccc2)NC(=O)N(NC(=O)c2ccccc2)C1=O. The second kappa shape index (κ2) is 6.76. The maximum absolute atomic E-state index is 12.7. The molecule has 2 aromatic carbocycles. The zero-order valence-corrected chi connectivity index (χ0v) is 13.9. The summed E-state index contributed by atoms with van der Waals surface area (Å²) < 4.78 is 0. The number of carbonyl (C=O) groups is 3. The molecule has 1 heterocycles. The van der Waals surface area contributed by atoms with Crippen LogP contribution in [0.5, 0.6) is 0 Å². The van der Waals surface area contributed by atoms with Gasteiger partial charge in [-0.3, -0.25) is 15.0 Å². The molecular formula is C19H19N3O3. The molecule has 4 amide bonds. The van der Waals surface area contributed by atoms with Crippen LogP contribution in [0.2, 0.25) is 0 Å². The molecule has 0 radical (unpaired) electrons. The van der Waals surface area contributed by atoms with E-state index in [0.29, 0.717) is 18.4 Å². The second-order valence-electron chi connectivity index (χ2n) is 6.20. The molecule has 2 aromatic rings. The van der Waals surface area contributed by atoms with Crippen LogP contribution < -0.4 is 10.7 Å². The maximum Gasteiger partial charge on any atom is 0.344 e. The van der Waals surface area contributed by atoms with E-state index in [4.69, 9.17) is 0 Å². The molecule has 0 unspecified atom stereocenters. The molecular weight excluding hydrogens is 318 g/mol. The molecule has 1 atom stereocenters. The van der Waals surface area contributed by atoms with Crippen LogP contribution in [0.1, 0.15) is 29.3 Å². The van der Waals surface area contributed by atoms with Gasteiger partial charge in [-0.1, -0.05) is 48.5 Å². The van der Waals surface area contributed by atoms with E-state index in [1.165, 1.54) is 0 Å². The van der Waals surface area contributed by atoms with Crippen molar-refractivity contribution in [3.63, 3.8) is 0 Å². The Bertz CT molecular complexity index is 792. The topological polar surface area (TPSA) is 78.5 Å². The summed E-state index contributed by atoms with van der Waals surface area (Å²) in [7, 11) is 0. The number of benzene rings is 2. The summed E-state index contributed by atoms with van der Waals surface area (Å²) in [5.74, 6) is -0.964. The highest BCUT2D eigenvalue weighted by Gasteiger charge is 2.48. The molecule has 128 valence electrons. The van der Waals surface area contributed by atoms with Gasteiger partial charge in [-0.15, -0.1) is 0 Å². The minimum Gasteiger partial charge on any atom is -0.322 e. The lowest BCUT2D eigenvalue weighted by molar-refractivity contribution is -0.132. The van der Waals surface area contributed by atoms with Crippen LogP contribution in [-0.4, -0.2) is 28.4 Å². The number of hydrogen-bond acceptors (Lipinski definition) is 3. The monoisotopic (exact) mass is 337 g/mol. The highest BCUT2D eigenvalue weighted by atomic mass is 16.2. The first kappa shape index (κ1) is 16.7. The summed E-state index contributed by atoms with van der Waals surface area (Å²) >= 11 is 0. The number of imide groups is 1. The third kappa shape index (κ3) is 3.52. The van der Waals surface area contributed by atoms with Gasteiger partial charge >= 0.3 is 6.03 Å². The summed E-state index contributed by atoms with van der Waals surface area (Å²) in [6.45, 7) is 1.67. The average molecular weight is 337 g/mol. The van der Waals surface area contributed by atoms with Gasteiger partial charge in [0.15, 0.2) is 0 Å². The van der Waals surface area contributed by atoms with E-state index in [2.05, 4.69) is 10.7 Å². The normalized spacial score (nSPS) is 19.6. The fourth-order valence-corrected chi connectivity index (χ4v) is 2.75. The van der Waals surface area contributed by atoms with Crippen molar-refractivity contribution in [2.75, 3.05) is 0 Å². The van der Waals surface area contributed by atoms with E-state index in [1.807, 2.05) is 30.3 Å². The predicted octanol–water partition coefficient (Wildman–Crippen LogP) is 2.27. The minimum atomic E-state index is -1.04. The van der Waals surface area contributed by atoms with E-state index in [0.717, 1.165) is 10.6 Å². The van der Waals surface area contributed by atoms with Crippen molar-refractivity contribution in [3.05, 3.63) is 71.8 Å². The number of hydrazine groups is 1. The molecule has 6 heteroatoms. The van der Waals surface area contributed by atoms with Crippen LogP contribution >= 0.6 is 0 Å². The molecule has 0 aromatic heterocycles. The first-order valence-electron chi connectivity index (χ1n) is 8.06. The molecule has 0 bridgehead atoms. The van der Waals surface area contributed by atoms with Crippen molar-refractivity contribution >= 4 is 17.8 Å². The molecule has 1 fully saturated rings. The van der Waals surface area contributed by atoms with Crippen LogP contribution in [0.3, 0.4) is 0 Å². The summed E-state index contributed by atoms with van der Waals surface area (Å²) in [5.41, 5.74) is 2.79. The Morgan fingerprint density at radius 3 is 2.28 bits per heavy atom. The molecule has 25 heavy (non-hydrogen) atoms. The number of rotatable bonds is 5. The van der Waals surface area contributed by atoms with Gasteiger partial charge in [0, 0.05) is 5.56 Å². The van der Waals surface area contributed by atoms with E-state index in [-0.39, 0.29) is 0 Å². The largest absolute Gasteiger partial charge is 0.344 e. The second-order valence-corrected chi connectivity index (χ2v) is 6.20. The van der Waals surface area contributed by atoms with Crippen molar-refractivity contribution in [2.24, 2.45) is 0 Å². The number of aryl methyl sites for hydroxylation is 1. The Morgan fingerprint density at radius 2 is 1.64 bits per heavy atom. The lowest BCUT2D eigenvalue weighted by Gasteiger charge is -2.21. The fourth-order valence-electron chi connectivity index (χ4n) is 2.75. The van der Waals surface area contributed by atoms with E-state index in [1.54, 1.807) is 37.3 Å². The van der Waals surface area contributed by atoms with Crippen LogP contribution in [0.25, 0.3) is 0 Å². The lowest BCUT2D eigenvalue weighted by Crippen LogP contribution is -2.48. The Kier molecular flexibility index (Phi) is 4.52. The summed E-state index contributed by atoms with van der Waals surface area (Å²) in [5, 5.41) is 3.44. The Labute approximate surface area is 145 Å². The first-order valence-corrected chi connectivity index (χ1v) is 8.06. The first-order chi connectivity index (χ1) is 12.0. The molecule has 2 N–H and O–H groups in total. The molecule has 3 rings (SSSR count). The zero-order chi connectivity index (χ0) is 17.9. The summed E-state index contributed by atoms with van der Waals surface area (Å²) in [4.78, 5) is 37.0. The number of nitrogens with one attached hydrogen (secondary N) is 2. The maximum atomic E-state index is 12.7. The third-order valence-corrected chi connectivity index (χ3v) is 4.27. The highest BCUT2D eigenvalue weighted by Crippen LogP contribution is 2.22. The number of nitrogens with zero attached hydrogens (tertiary/aromatic N) is 1. The Morgan fingerprint density at radius 1 is 1.04 bits per heavy atom. The molecule has 1 aliphatic heterocycles. The molecule has 1 aliphatic rings. The van der Waals surface area contributed by atoms with Crippen molar-refractivity contribution in [2.45, 2.75) is 25.3 Å². The van der Waals surface area contributed by atoms with Crippen LogP contribution in [-0.2, 0) is 11.2 Å². The zero-order valence-electron chi connectivity index (χ0n) is 13.9. The predicted molar refractivity (Wildman–Crippen MR) is 92.5 cm³/mol. The summed E-state index contributed by atoms with van der Waals surface area (Å²) in [6.07, 6.45) is 1.09. The van der Waals surface area contributed by atoms with E-state index < -0.39 is 23.4 Å². The average Bonchev–Trinajstić information content (AvgIpc) is 2.85. The molecule has 0 spiro atoms. The lowest BCUT2D eigenvalue weighted by atomic mass is 9.93. The standard InChI is InChI=1S/C19H19N3O3/c1-19(13-12-14-8-4-2-5-9-14)17(24)22(18(25)20-19)21-16(23)15-10-6-3-7-11-15/h2-11H,12-13H2,1H3,(H,20,25)(H,21,23)/t19-/m0/s1. The van der Waals surface area contributed by atoms with Gasteiger partial charge in [0.2, 0.25) is 0 Å². The molecule has 1 saturated heterocycles. The van der Waals surface area contributed by atoms with Crippen molar-refractivity contribution in [1.29, 1.82) is 0 Å². The molecule has 0 aliphatic carbocycles. The Hall–Kier alpha value is -3.15. The minimum absolute atomic E-state index is 0.376. The number of carbonyl (C=O) groups excluding carboxylic acids is 3. The number of urea groups is 1. The van der Waals surface area contributed by atoms with Gasteiger partial charge in [0.05, 0.1) is 0 Å². The molecule has 6 nitrogen and oxygen atoms in total. The number of amides is 4. The van der Waals surface area contributed by atoms with Crippen LogP contribution in [0.15, 0.2) is 60.7 Å².